The number of nitrogens with one attached hydrogen (secondary N) is 1. The van der Waals surface area contributed by atoms with E-state index in [1.807, 2.05) is 46.1 Å². The SMILES string of the molecule is CCc1ccc([C@@H](CNC(=O)c2ccc3nc(C)c(C)nc3c2)N(C)C)cc1. The van der Waals surface area contributed by atoms with Crippen molar-refractivity contribution in [2.75, 3.05) is 20.6 Å². The molecule has 5 nitrogen and oxygen atoms in total. The van der Waals surface area contributed by atoms with Crippen molar-refractivity contribution < 1.29 is 4.79 Å². The van der Waals surface area contributed by atoms with Crippen LogP contribution in [-0.2, 0) is 6.42 Å². The summed E-state index contributed by atoms with van der Waals surface area (Å²) in [5.74, 6) is -0.0982. The van der Waals surface area contributed by atoms with Gasteiger partial charge in [0.25, 0.3) is 5.91 Å². The van der Waals surface area contributed by atoms with Gasteiger partial charge in [0.05, 0.1) is 28.5 Å². The van der Waals surface area contributed by atoms with Gasteiger partial charge >= 0.3 is 0 Å². The van der Waals surface area contributed by atoms with Crippen molar-refractivity contribution in [3.8, 4) is 0 Å². The number of carbonyl (C=O) groups excluding carboxylic acids is 1. The number of aromatic nitrogens is 2. The molecule has 1 atom stereocenters. The zero-order valence-electron chi connectivity index (χ0n) is 17.3. The monoisotopic (exact) mass is 376 g/mol. The molecule has 0 fully saturated rings. The van der Waals surface area contributed by atoms with Crippen LogP contribution in [0.1, 0.15) is 45.8 Å². The zero-order chi connectivity index (χ0) is 20.3. The van der Waals surface area contributed by atoms with E-state index in [0.29, 0.717) is 12.1 Å². The molecule has 3 aromatic rings. The van der Waals surface area contributed by atoms with Crippen molar-refractivity contribution >= 4 is 16.9 Å². The summed E-state index contributed by atoms with van der Waals surface area (Å²) in [6.07, 6.45) is 1.02. The number of likely N-dealkylation sites (N-methyl/N-ethyl adjacent to an activating group) is 1. The highest BCUT2D eigenvalue weighted by atomic mass is 16.1. The van der Waals surface area contributed by atoms with Crippen molar-refractivity contribution in [3.05, 3.63) is 70.5 Å². The van der Waals surface area contributed by atoms with Gasteiger partial charge in [0.15, 0.2) is 0 Å². The molecule has 1 amide bonds. The number of nitrogens with zero attached hydrogens (tertiary/aromatic N) is 3. The van der Waals surface area contributed by atoms with Crippen LogP contribution in [0.15, 0.2) is 42.5 Å². The lowest BCUT2D eigenvalue weighted by molar-refractivity contribution is 0.0942. The van der Waals surface area contributed by atoms with Gasteiger partial charge in [-0.1, -0.05) is 31.2 Å². The number of aryl methyl sites for hydroxylation is 3. The normalized spacial score (nSPS) is 12.4. The fourth-order valence-electron chi connectivity index (χ4n) is 3.24. The minimum Gasteiger partial charge on any atom is -0.350 e. The molecule has 1 N–H and O–H groups in total. The van der Waals surface area contributed by atoms with E-state index >= 15 is 0 Å². The van der Waals surface area contributed by atoms with E-state index in [-0.39, 0.29) is 11.9 Å². The molecule has 1 heterocycles. The second kappa shape index (κ2) is 8.48. The minimum atomic E-state index is -0.0982. The van der Waals surface area contributed by atoms with E-state index in [1.165, 1.54) is 11.1 Å². The van der Waals surface area contributed by atoms with Gasteiger partial charge in [-0.15, -0.1) is 0 Å². The number of rotatable bonds is 6. The fourth-order valence-corrected chi connectivity index (χ4v) is 3.24. The van der Waals surface area contributed by atoms with E-state index in [9.17, 15) is 4.79 Å². The molecule has 0 aliphatic rings. The van der Waals surface area contributed by atoms with Crippen LogP contribution in [0, 0.1) is 13.8 Å². The van der Waals surface area contributed by atoms with Gasteiger partial charge in [-0.3, -0.25) is 4.79 Å². The van der Waals surface area contributed by atoms with Crippen LogP contribution in [0.5, 0.6) is 0 Å². The Morgan fingerprint density at radius 3 is 2.25 bits per heavy atom. The standard InChI is InChI=1S/C23H28N4O/c1-6-17-7-9-18(10-8-17)22(27(4)5)14-24-23(28)19-11-12-20-21(13-19)26-16(3)15(2)25-20/h7-13,22H,6,14H2,1-5H3,(H,24,28)/t22-/m1/s1. The van der Waals surface area contributed by atoms with Crippen LogP contribution < -0.4 is 5.32 Å². The second-order valence-corrected chi connectivity index (χ2v) is 7.38. The Labute approximate surface area is 166 Å². The smallest absolute Gasteiger partial charge is 0.251 e. The van der Waals surface area contributed by atoms with Gasteiger partial charge in [0.2, 0.25) is 0 Å². The Morgan fingerprint density at radius 1 is 1.00 bits per heavy atom. The average Bonchev–Trinajstić information content (AvgIpc) is 2.68. The topological polar surface area (TPSA) is 58.1 Å². The van der Waals surface area contributed by atoms with Crippen molar-refractivity contribution in [1.82, 2.24) is 20.2 Å². The molecule has 0 saturated heterocycles. The highest BCUT2D eigenvalue weighted by molar-refractivity contribution is 5.97. The summed E-state index contributed by atoms with van der Waals surface area (Å²) in [6.45, 7) is 6.56. The molecular weight excluding hydrogens is 348 g/mol. The molecular formula is C23H28N4O. The van der Waals surface area contributed by atoms with E-state index < -0.39 is 0 Å². The summed E-state index contributed by atoms with van der Waals surface area (Å²) in [5, 5.41) is 3.07. The molecule has 0 saturated carbocycles. The number of fused-ring (bicyclic) bond motifs is 1. The molecule has 5 heteroatoms. The molecule has 0 unspecified atom stereocenters. The average molecular weight is 377 g/mol. The Bertz CT molecular complexity index is 980. The molecule has 146 valence electrons. The number of benzene rings is 2. The highest BCUT2D eigenvalue weighted by Crippen LogP contribution is 2.19. The van der Waals surface area contributed by atoms with Gasteiger partial charge in [-0.2, -0.15) is 0 Å². The first kappa shape index (κ1) is 20.0. The molecule has 28 heavy (non-hydrogen) atoms. The third-order valence-electron chi connectivity index (χ3n) is 5.19. The molecule has 3 rings (SSSR count). The molecule has 0 spiro atoms. The highest BCUT2D eigenvalue weighted by Gasteiger charge is 2.16. The first-order chi connectivity index (χ1) is 13.4. The molecule has 0 aliphatic carbocycles. The van der Waals surface area contributed by atoms with Crippen molar-refractivity contribution in [2.24, 2.45) is 0 Å². The summed E-state index contributed by atoms with van der Waals surface area (Å²) in [6, 6.07) is 14.2. The molecule has 2 aromatic carbocycles. The third-order valence-corrected chi connectivity index (χ3v) is 5.19. The van der Waals surface area contributed by atoms with Crippen molar-refractivity contribution in [1.29, 1.82) is 0 Å². The predicted octanol–water partition coefficient (Wildman–Crippen LogP) is 3.84. The van der Waals surface area contributed by atoms with Crippen LogP contribution >= 0.6 is 0 Å². The zero-order valence-corrected chi connectivity index (χ0v) is 17.3. The van der Waals surface area contributed by atoms with Crippen LogP contribution in [-0.4, -0.2) is 41.4 Å². The Balaban J connectivity index is 1.75. The lowest BCUT2D eigenvalue weighted by Gasteiger charge is -2.25. The summed E-state index contributed by atoms with van der Waals surface area (Å²) in [4.78, 5) is 23.9. The molecule has 0 aliphatic heterocycles. The maximum absolute atomic E-state index is 12.7. The Kier molecular flexibility index (Phi) is 6.05. The van der Waals surface area contributed by atoms with Crippen LogP contribution in [0.2, 0.25) is 0 Å². The minimum absolute atomic E-state index is 0.0982. The lowest BCUT2D eigenvalue weighted by Crippen LogP contribution is -2.34. The van der Waals surface area contributed by atoms with Gasteiger partial charge in [0, 0.05) is 12.1 Å². The van der Waals surface area contributed by atoms with Gasteiger partial charge in [0.1, 0.15) is 0 Å². The summed E-state index contributed by atoms with van der Waals surface area (Å²) in [7, 11) is 4.06. The van der Waals surface area contributed by atoms with E-state index in [4.69, 9.17) is 0 Å². The Morgan fingerprint density at radius 2 is 1.64 bits per heavy atom. The summed E-state index contributed by atoms with van der Waals surface area (Å²) >= 11 is 0. The first-order valence-corrected chi connectivity index (χ1v) is 9.67. The summed E-state index contributed by atoms with van der Waals surface area (Å²) in [5.41, 5.74) is 6.45. The number of hydrogen-bond donors (Lipinski definition) is 1. The van der Waals surface area contributed by atoms with E-state index in [0.717, 1.165) is 28.8 Å². The number of hydrogen-bond acceptors (Lipinski definition) is 4. The molecule has 1 aromatic heterocycles. The van der Waals surface area contributed by atoms with Crippen LogP contribution in [0.4, 0.5) is 0 Å². The maximum Gasteiger partial charge on any atom is 0.251 e. The largest absolute Gasteiger partial charge is 0.350 e. The predicted molar refractivity (Wildman–Crippen MR) is 114 cm³/mol. The van der Waals surface area contributed by atoms with Gasteiger partial charge < -0.3 is 10.2 Å². The van der Waals surface area contributed by atoms with Crippen molar-refractivity contribution in [3.63, 3.8) is 0 Å². The molecule has 0 bridgehead atoms. The van der Waals surface area contributed by atoms with E-state index in [2.05, 4.69) is 51.4 Å². The van der Waals surface area contributed by atoms with Crippen LogP contribution in [0.3, 0.4) is 0 Å². The number of amides is 1. The quantitative estimate of drug-likeness (QED) is 0.710. The summed E-state index contributed by atoms with van der Waals surface area (Å²) < 4.78 is 0. The maximum atomic E-state index is 12.7. The fraction of sp³-hybridized carbons (Fsp3) is 0.348. The Hall–Kier alpha value is -2.79. The second-order valence-electron chi connectivity index (χ2n) is 7.38. The van der Waals surface area contributed by atoms with Gasteiger partial charge in [-0.25, -0.2) is 9.97 Å². The first-order valence-electron chi connectivity index (χ1n) is 9.67. The van der Waals surface area contributed by atoms with Gasteiger partial charge in [-0.05, 0) is 63.7 Å². The lowest BCUT2D eigenvalue weighted by atomic mass is 10.0. The molecule has 0 radical (unpaired) electrons. The van der Waals surface area contributed by atoms with Crippen molar-refractivity contribution in [2.45, 2.75) is 33.2 Å². The third kappa shape index (κ3) is 4.37. The number of carbonyl (C=O) groups is 1. The van der Waals surface area contributed by atoms with Crippen LogP contribution in [0.25, 0.3) is 11.0 Å². The van der Waals surface area contributed by atoms with E-state index in [1.54, 1.807) is 0 Å².